The number of aromatic nitrogens is 2. The molecule has 0 aliphatic heterocycles. The third kappa shape index (κ3) is 1.95. The zero-order valence-electron chi connectivity index (χ0n) is 11.8. The summed E-state index contributed by atoms with van der Waals surface area (Å²) in [6, 6.07) is 4.33. The Morgan fingerprint density at radius 3 is 2.06 bits per heavy atom. The van der Waals surface area contributed by atoms with Crippen molar-refractivity contribution in [3.8, 4) is 11.3 Å². The van der Waals surface area contributed by atoms with Crippen LogP contribution in [-0.4, -0.2) is 9.78 Å². The lowest BCUT2D eigenvalue weighted by molar-refractivity contribution is 0.714. The third-order valence-electron chi connectivity index (χ3n) is 3.81. The minimum absolute atomic E-state index is 0.520. The van der Waals surface area contributed by atoms with E-state index in [1.807, 2.05) is 11.7 Å². The van der Waals surface area contributed by atoms with Gasteiger partial charge < -0.3 is 5.73 Å². The Morgan fingerprint density at radius 1 is 1.06 bits per heavy atom. The van der Waals surface area contributed by atoms with Gasteiger partial charge in [-0.25, -0.2) is 0 Å². The van der Waals surface area contributed by atoms with E-state index in [9.17, 15) is 0 Å². The summed E-state index contributed by atoms with van der Waals surface area (Å²) in [5.41, 5.74) is 14.3. The second-order valence-corrected chi connectivity index (χ2v) is 4.98. The topological polar surface area (TPSA) is 43.8 Å². The van der Waals surface area contributed by atoms with Gasteiger partial charge in [-0.15, -0.1) is 0 Å². The molecule has 3 nitrogen and oxygen atoms in total. The van der Waals surface area contributed by atoms with Crippen LogP contribution in [0.1, 0.15) is 27.9 Å². The lowest BCUT2D eigenvalue weighted by Crippen LogP contribution is -2.03. The molecule has 0 atom stereocenters. The average molecular weight is 243 g/mol. The highest BCUT2D eigenvalue weighted by Gasteiger charge is 2.14. The number of rotatable bonds is 2. The summed E-state index contributed by atoms with van der Waals surface area (Å²) >= 11 is 0. The molecule has 0 radical (unpaired) electrons. The van der Waals surface area contributed by atoms with Gasteiger partial charge in [0.1, 0.15) is 0 Å². The molecule has 0 fully saturated rings. The molecule has 0 unspecified atom stereocenters. The second kappa shape index (κ2) is 4.58. The molecule has 0 spiro atoms. The number of benzene rings is 1. The molecule has 1 aromatic heterocycles. The van der Waals surface area contributed by atoms with Gasteiger partial charge in [-0.2, -0.15) is 5.10 Å². The van der Waals surface area contributed by atoms with Gasteiger partial charge in [0.2, 0.25) is 0 Å². The van der Waals surface area contributed by atoms with Crippen molar-refractivity contribution < 1.29 is 0 Å². The minimum Gasteiger partial charge on any atom is -0.325 e. The highest BCUT2D eigenvalue weighted by Crippen LogP contribution is 2.30. The number of nitrogens with two attached hydrogens (primary N) is 1. The molecule has 18 heavy (non-hydrogen) atoms. The fraction of sp³-hybridized carbons (Fsp3) is 0.400. The molecular weight excluding hydrogens is 222 g/mol. The number of nitrogens with zero attached hydrogens (tertiary/aromatic N) is 2. The molecule has 0 bridgehead atoms. The molecule has 2 aromatic rings. The molecule has 1 aromatic carbocycles. The molecule has 0 amide bonds. The first-order chi connectivity index (χ1) is 8.45. The first-order valence-electron chi connectivity index (χ1n) is 6.26. The maximum Gasteiger partial charge on any atom is 0.0931 e. The first-order valence-corrected chi connectivity index (χ1v) is 6.26. The quantitative estimate of drug-likeness (QED) is 0.881. The van der Waals surface area contributed by atoms with Crippen molar-refractivity contribution in [1.29, 1.82) is 0 Å². The van der Waals surface area contributed by atoms with E-state index in [0.29, 0.717) is 6.54 Å². The van der Waals surface area contributed by atoms with Gasteiger partial charge in [-0.05, 0) is 56.0 Å². The van der Waals surface area contributed by atoms with Gasteiger partial charge in [-0.1, -0.05) is 6.07 Å². The Bertz CT molecular complexity index is 568. The highest BCUT2D eigenvalue weighted by atomic mass is 15.3. The van der Waals surface area contributed by atoms with E-state index in [1.54, 1.807) is 0 Å². The van der Waals surface area contributed by atoms with Crippen LogP contribution in [0.15, 0.2) is 12.1 Å². The molecular formula is C15H21N3. The Hall–Kier alpha value is -1.61. The third-order valence-corrected chi connectivity index (χ3v) is 3.81. The summed E-state index contributed by atoms with van der Waals surface area (Å²) in [6.07, 6.45) is 0. The van der Waals surface area contributed by atoms with Crippen molar-refractivity contribution in [3.63, 3.8) is 0 Å². The largest absolute Gasteiger partial charge is 0.325 e. The maximum atomic E-state index is 5.72. The fourth-order valence-electron chi connectivity index (χ4n) is 2.42. The molecule has 96 valence electrons. The van der Waals surface area contributed by atoms with Crippen molar-refractivity contribution in [3.05, 3.63) is 40.1 Å². The van der Waals surface area contributed by atoms with Gasteiger partial charge in [0.25, 0.3) is 0 Å². The summed E-state index contributed by atoms with van der Waals surface area (Å²) < 4.78 is 1.87. The lowest BCUT2D eigenvalue weighted by atomic mass is 9.92. The van der Waals surface area contributed by atoms with E-state index in [-0.39, 0.29) is 0 Å². The summed E-state index contributed by atoms with van der Waals surface area (Å²) in [6.45, 7) is 9.14. The van der Waals surface area contributed by atoms with Gasteiger partial charge in [0.05, 0.1) is 11.4 Å². The molecule has 1 heterocycles. The van der Waals surface area contributed by atoms with Gasteiger partial charge in [0.15, 0.2) is 0 Å². The Labute approximate surface area is 109 Å². The zero-order valence-corrected chi connectivity index (χ0v) is 11.8. The highest BCUT2D eigenvalue weighted by molar-refractivity contribution is 5.70. The number of hydrogen-bond acceptors (Lipinski definition) is 2. The molecule has 2 N–H and O–H groups in total. The van der Waals surface area contributed by atoms with E-state index in [0.717, 1.165) is 11.4 Å². The van der Waals surface area contributed by atoms with E-state index in [4.69, 9.17) is 5.73 Å². The normalized spacial score (nSPS) is 11.0. The predicted octanol–water partition coefficient (Wildman–Crippen LogP) is 2.78. The van der Waals surface area contributed by atoms with Crippen molar-refractivity contribution in [1.82, 2.24) is 9.78 Å². The average Bonchev–Trinajstić information content (AvgIpc) is 2.68. The van der Waals surface area contributed by atoms with Crippen molar-refractivity contribution in [2.75, 3.05) is 0 Å². The van der Waals surface area contributed by atoms with Crippen LogP contribution in [0.25, 0.3) is 11.3 Å². The van der Waals surface area contributed by atoms with E-state index in [2.05, 4.69) is 44.9 Å². The minimum atomic E-state index is 0.520. The molecule has 0 saturated carbocycles. The molecule has 2 rings (SSSR count). The summed E-state index contributed by atoms with van der Waals surface area (Å²) in [5, 5.41) is 4.59. The van der Waals surface area contributed by atoms with Gasteiger partial charge in [-0.3, -0.25) is 4.68 Å². The van der Waals surface area contributed by atoms with Crippen LogP contribution in [0, 0.1) is 27.7 Å². The Kier molecular flexibility index (Phi) is 3.26. The monoisotopic (exact) mass is 243 g/mol. The molecule has 0 aliphatic carbocycles. The van der Waals surface area contributed by atoms with Gasteiger partial charge in [0, 0.05) is 19.2 Å². The zero-order chi connectivity index (χ0) is 13.4. The smallest absolute Gasteiger partial charge is 0.0931 e. The van der Waals surface area contributed by atoms with Crippen LogP contribution < -0.4 is 5.73 Å². The number of aryl methyl sites for hydroxylation is 3. The van der Waals surface area contributed by atoms with Crippen LogP contribution in [0.3, 0.4) is 0 Å². The Balaban J connectivity index is 2.70. The summed E-state index contributed by atoms with van der Waals surface area (Å²) in [5.74, 6) is 0. The predicted molar refractivity (Wildman–Crippen MR) is 75.5 cm³/mol. The molecule has 0 aliphatic rings. The Morgan fingerprint density at radius 2 is 1.61 bits per heavy atom. The van der Waals surface area contributed by atoms with Crippen LogP contribution in [0.4, 0.5) is 0 Å². The lowest BCUT2D eigenvalue weighted by Gasteiger charge is -2.13. The summed E-state index contributed by atoms with van der Waals surface area (Å²) in [4.78, 5) is 0. The van der Waals surface area contributed by atoms with E-state index >= 15 is 0 Å². The van der Waals surface area contributed by atoms with Crippen molar-refractivity contribution >= 4 is 0 Å². The van der Waals surface area contributed by atoms with Crippen LogP contribution in [0.2, 0.25) is 0 Å². The van der Waals surface area contributed by atoms with E-state index < -0.39 is 0 Å². The molecule has 0 saturated heterocycles. The SMILES string of the molecule is Cc1cc(C)c(C)c(-c2cc(CN)n(C)n2)c1C. The second-order valence-electron chi connectivity index (χ2n) is 4.98. The standard InChI is InChI=1S/C15H21N3/c1-9-6-10(2)12(4)15(11(9)3)14-7-13(8-16)18(5)17-14/h6-7H,8,16H2,1-5H3. The van der Waals surface area contributed by atoms with Crippen molar-refractivity contribution in [2.45, 2.75) is 34.2 Å². The van der Waals surface area contributed by atoms with Crippen LogP contribution in [-0.2, 0) is 13.6 Å². The number of hydrogen-bond donors (Lipinski definition) is 1. The first kappa shape index (κ1) is 12.8. The molecule has 3 heteroatoms. The van der Waals surface area contributed by atoms with Crippen molar-refractivity contribution in [2.24, 2.45) is 12.8 Å². The van der Waals surface area contributed by atoms with Gasteiger partial charge >= 0.3 is 0 Å². The van der Waals surface area contributed by atoms with E-state index in [1.165, 1.54) is 27.8 Å². The van der Waals surface area contributed by atoms with Crippen LogP contribution >= 0.6 is 0 Å². The fourth-order valence-corrected chi connectivity index (χ4v) is 2.42. The van der Waals surface area contributed by atoms with Crippen LogP contribution in [0.5, 0.6) is 0 Å². The maximum absolute atomic E-state index is 5.72. The summed E-state index contributed by atoms with van der Waals surface area (Å²) in [7, 11) is 1.94.